The Morgan fingerprint density at radius 2 is 1.19 bits per heavy atom. The molecule has 0 saturated heterocycles. The predicted octanol–water partition coefficient (Wildman–Crippen LogP) is 1.03. The van der Waals surface area contributed by atoms with Gasteiger partial charge in [0.1, 0.15) is 11.5 Å². The molecule has 0 atom stereocenters. The number of rotatable bonds is 7. The highest BCUT2D eigenvalue weighted by molar-refractivity contribution is 5.86. The van der Waals surface area contributed by atoms with Crippen LogP contribution in [0.4, 0.5) is 0 Å². The highest BCUT2D eigenvalue weighted by Crippen LogP contribution is 2.22. The van der Waals surface area contributed by atoms with Crippen molar-refractivity contribution in [3.63, 3.8) is 0 Å². The van der Waals surface area contributed by atoms with Gasteiger partial charge in [0.15, 0.2) is 0 Å². The molecule has 0 unspecified atom stereocenters. The minimum absolute atomic E-state index is 0.00595. The molecule has 0 aliphatic carbocycles. The Morgan fingerprint density at radius 3 is 1.54 bits per heavy atom. The summed E-state index contributed by atoms with van der Waals surface area (Å²) >= 11 is 0. The molecule has 4 N–H and O–H groups in total. The fraction of sp³-hybridized carbons (Fsp3) is 0.333. The summed E-state index contributed by atoms with van der Waals surface area (Å²) in [7, 11) is 0. The van der Waals surface area contributed by atoms with E-state index in [-0.39, 0.29) is 24.7 Å². The molecule has 2 aromatic rings. The van der Waals surface area contributed by atoms with Gasteiger partial charge in [-0.25, -0.2) is 0 Å². The normalized spacial score (nSPS) is 11.7. The summed E-state index contributed by atoms with van der Waals surface area (Å²) in [6, 6.07) is 0. The van der Waals surface area contributed by atoms with Crippen LogP contribution in [0.2, 0.25) is 0 Å². The minimum Gasteiger partial charge on any atom is -0.505 e. The van der Waals surface area contributed by atoms with Crippen molar-refractivity contribution in [3.05, 3.63) is 46.0 Å². The topological polar surface area (TPSA) is 131 Å². The van der Waals surface area contributed by atoms with Crippen LogP contribution in [-0.2, 0) is 13.2 Å². The molecular weight excluding hydrogens is 336 g/mol. The van der Waals surface area contributed by atoms with Crippen molar-refractivity contribution in [2.75, 3.05) is 13.1 Å². The van der Waals surface area contributed by atoms with Gasteiger partial charge in [0.2, 0.25) is 0 Å². The average Bonchev–Trinajstić information content (AvgIpc) is 2.64. The summed E-state index contributed by atoms with van der Waals surface area (Å²) in [4.78, 5) is 16.4. The lowest BCUT2D eigenvalue weighted by molar-refractivity contribution is 0.280. The molecule has 0 saturated carbocycles. The maximum absolute atomic E-state index is 10.0. The molecule has 2 aromatic heterocycles. The van der Waals surface area contributed by atoms with E-state index < -0.39 is 0 Å². The van der Waals surface area contributed by atoms with Crippen LogP contribution in [-0.4, -0.2) is 55.9 Å². The first kappa shape index (κ1) is 19.5. The Morgan fingerprint density at radius 1 is 0.808 bits per heavy atom. The number of aromatic nitrogens is 2. The van der Waals surface area contributed by atoms with Gasteiger partial charge >= 0.3 is 0 Å². The van der Waals surface area contributed by atoms with Gasteiger partial charge in [0.05, 0.1) is 37.7 Å². The molecule has 2 heterocycles. The Bertz CT molecular complexity index is 765. The van der Waals surface area contributed by atoms with E-state index in [4.69, 9.17) is 0 Å². The smallest absolute Gasteiger partial charge is 0.145 e. The largest absolute Gasteiger partial charge is 0.505 e. The van der Waals surface area contributed by atoms with Crippen LogP contribution in [0.25, 0.3) is 0 Å². The van der Waals surface area contributed by atoms with Gasteiger partial charge in [-0.05, 0) is 13.8 Å². The molecule has 0 radical (unpaired) electrons. The second kappa shape index (κ2) is 9.02. The second-order valence-electron chi connectivity index (χ2n) is 5.65. The van der Waals surface area contributed by atoms with E-state index in [0.717, 1.165) is 0 Å². The lowest BCUT2D eigenvalue weighted by Gasteiger charge is -2.07. The predicted molar refractivity (Wildman–Crippen MR) is 98.0 cm³/mol. The van der Waals surface area contributed by atoms with E-state index in [0.29, 0.717) is 46.7 Å². The number of hydrogen-bond donors (Lipinski definition) is 4. The van der Waals surface area contributed by atoms with Crippen molar-refractivity contribution in [2.24, 2.45) is 9.98 Å². The molecule has 0 fully saturated rings. The fourth-order valence-electron chi connectivity index (χ4n) is 2.27. The first-order valence-corrected chi connectivity index (χ1v) is 8.05. The Hall–Kier alpha value is -2.84. The standard InChI is InChI=1S/C18H22N4O4/c1-11-17(25)15(13(9-23)5-21-11)7-19-3-4-20-8-16-14(10-24)6-22-12(2)18(16)26/h5-8,23-26H,3-4,9-10H2,1-2H3. The maximum Gasteiger partial charge on any atom is 0.145 e. The van der Waals surface area contributed by atoms with E-state index in [9.17, 15) is 20.4 Å². The van der Waals surface area contributed by atoms with Crippen LogP contribution in [0, 0.1) is 13.8 Å². The van der Waals surface area contributed by atoms with Gasteiger partial charge < -0.3 is 20.4 Å². The Kier molecular flexibility index (Phi) is 6.76. The highest BCUT2D eigenvalue weighted by atomic mass is 16.3. The molecule has 138 valence electrons. The lowest BCUT2D eigenvalue weighted by atomic mass is 10.1. The Balaban J connectivity index is 2.04. The SMILES string of the molecule is Cc1ncc(CO)c(C=NCCN=Cc2c(CO)cnc(C)c2O)c1O. The van der Waals surface area contributed by atoms with Gasteiger partial charge in [0, 0.05) is 47.1 Å². The van der Waals surface area contributed by atoms with Gasteiger partial charge in [-0.1, -0.05) is 0 Å². The van der Waals surface area contributed by atoms with Crippen LogP contribution in [0.15, 0.2) is 22.4 Å². The van der Waals surface area contributed by atoms with E-state index in [1.165, 1.54) is 24.8 Å². The molecule has 0 aliphatic rings. The number of aryl methyl sites for hydroxylation is 2. The quantitative estimate of drug-likeness (QED) is 0.432. The van der Waals surface area contributed by atoms with Gasteiger partial charge in [-0.3, -0.25) is 20.0 Å². The molecule has 0 spiro atoms. The van der Waals surface area contributed by atoms with Crippen LogP contribution in [0.5, 0.6) is 11.5 Å². The zero-order chi connectivity index (χ0) is 19.1. The highest BCUT2D eigenvalue weighted by Gasteiger charge is 2.10. The average molecular weight is 358 g/mol. The molecule has 2 rings (SSSR count). The van der Waals surface area contributed by atoms with Crippen molar-refractivity contribution in [1.29, 1.82) is 0 Å². The van der Waals surface area contributed by atoms with E-state index in [1.54, 1.807) is 13.8 Å². The summed E-state index contributed by atoms with van der Waals surface area (Å²) < 4.78 is 0. The fourth-order valence-corrected chi connectivity index (χ4v) is 2.27. The van der Waals surface area contributed by atoms with Crippen molar-refractivity contribution in [3.8, 4) is 11.5 Å². The summed E-state index contributed by atoms with van der Waals surface area (Å²) in [6.45, 7) is 3.54. The minimum atomic E-state index is -0.245. The molecule has 0 bridgehead atoms. The second-order valence-corrected chi connectivity index (χ2v) is 5.65. The Labute approximate surface area is 151 Å². The van der Waals surface area contributed by atoms with Crippen molar-refractivity contribution in [2.45, 2.75) is 27.1 Å². The number of aliphatic imine (C=N–C) groups is 2. The first-order valence-electron chi connectivity index (χ1n) is 8.05. The molecule has 0 aliphatic heterocycles. The van der Waals surface area contributed by atoms with E-state index >= 15 is 0 Å². The monoisotopic (exact) mass is 358 g/mol. The first-order chi connectivity index (χ1) is 12.5. The molecule has 0 aromatic carbocycles. The number of aliphatic hydroxyl groups excluding tert-OH is 2. The zero-order valence-electron chi connectivity index (χ0n) is 14.7. The maximum atomic E-state index is 10.0. The molecule has 8 heteroatoms. The number of hydrogen-bond acceptors (Lipinski definition) is 8. The molecular formula is C18H22N4O4. The number of nitrogens with zero attached hydrogens (tertiary/aromatic N) is 4. The molecule has 0 amide bonds. The van der Waals surface area contributed by atoms with Crippen LogP contribution in [0.3, 0.4) is 0 Å². The summed E-state index contributed by atoms with van der Waals surface area (Å²) in [6.07, 6.45) is 5.97. The summed E-state index contributed by atoms with van der Waals surface area (Å²) in [5, 5.41) is 38.7. The van der Waals surface area contributed by atoms with Crippen LogP contribution in [0.1, 0.15) is 33.6 Å². The number of pyridine rings is 2. The van der Waals surface area contributed by atoms with Gasteiger partial charge in [-0.15, -0.1) is 0 Å². The number of aliphatic hydroxyl groups is 2. The third-order valence-corrected chi connectivity index (χ3v) is 3.86. The zero-order valence-corrected chi connectivity index (χ0v) is 14.7. The van der Waals surface area contributed by atoms with Crippen molar-refractivity contribution in [1.82, 2.24) is 9.97 Å². The summed E-state index contributed by atoms with van der Waals surface area (Å²) in [5.41, 5.74) is 2.78. The van der Waals surface area contributed by atoms with E-state index in [1.807, 2.05) is 0 Å². The van der Waals surface area contributed by atoms with Crippen molar-refractivity contribution >= 4 is 12.4 Å². The molecule has 8 nitrogen and oxygen atoms in total. The molecule has 26 heavy (non-hydrogen) atoms. The lowest BCUT2D eigenvalue weighted by Crippen LogP contribution is -2.00. The summed E-state index contributed by atoms with van der Waals surface area (Å²) in [5.74, 6) is -0.0119. The third-order valence-electron chi connectivity index (χ3n) is 3.86. The van der Waals surface area contributed by atoms with Gasteiger partial charge in [0.25, 0.3) is 0 Å². The number of aromatic hydroxyl groups is 2. The third kappa shape index (κ3) is 4.41. The van der Waals surface area contributed by atoms with Crippen LogP contribution < -0.4 is 0 Å². The van der Waals surface area contributed by atoms with Crippen LogP contribution >= 0.6 is 0 Å². The van der Waals surface area contributed by atoms with E-state index in [2.05, 4.69) is 20.0 Å². The van der Waals surface area contributed by atoms with Crippen molar-refractivity contribution < 1.29 is 20.4 Å². The van der Waals surface area contributed by atoms with Gasteiger partial charge in [-0.2, -0.15) is 0 Å².